The number of H-pyrrole nitrogens is 1. The van der Waals surface area contributed by atoms with Gasteiger partial charge in [-0.05, 0) is 94.1 Å². The molecule has 0 bridgehead atoms. The molecule has 1 fully saturated rings. The van der Waals surface area contributed by atoms with Gasteiger partial charge in [0.15, 0.2) is 0 Å². The number of aromatic amines is 1. The second-order valence-corrected chi connectivity index (χ2v) is 9.84. The normalized spacial score (nSPS) is 17.4. The monoisotopic (exact) mass is 419 g/mol. The Kier molecular flexibility index (Phi) is 5.91. The van der Waals surface area contributed by atoms with E-state index in [-0.39, 0.29) is 24.1 Å². The van der Waals surface area contributed by atoms with Gasteiger partial charge in [-0.1, -0.05) is 12.1 Å². The molecule has 31 heavy (non-hydrogen) atoms. The van der Waals surface area contributed by atoms with Crippen LogP contribution in [0.15, 0.2) is 42.5 Å². The van der Waals surface area contributed by atoms with E-state index in [2.05, 4.69) is 45.5 Å². The van der Waals surface area contributed by atoms with E-state index < -0.39 is 0 Å². The van der Waals surface area contributed by atoms with Gasteiger partial charge in [0, 0.05) is 40.3 Å². The highest BCUT2D eigenvalue weighted by Crippen LogP contribution is 2.28. The first-order valence-electron chi connectivity index (χ1n) is 11.1. The molecule has 0 spiro atoms. The van der Waals surface area contributed by atoms with Gasteiger partial charge in [0.2, 0.25) is 0 Å². The number of nitrogens with one attached hydrogen (secondary N) is 2. The number of carbonyl (C=O) groups excluding carboxylic acids is 1. The maximum Gasteiger partial charge on any atom is 0.251 e. The van der Waals surface area contributed by atoms with Gasteiger partial charge < -0.3 is 15.4 Å². The molecular formula is C26H33N3O2. The number of hydrogen-bond donors (Lipinski definition) is 3. The average Bonchev–Trinajstić information content (AvgIpc) is 3.31. The number of fused-ring (bicyclic) bond motifs is 1. The highest BCUT2D eigenvalue weighted by molar-refractivity contribution is 5.96. The summed E-state index contributed by atoms with van der Waals surface area (Å²) in [5.74, 6) is -0.0495. The zero-order valence-electron chi connectivity index (χ0n) is 19.0. The number of carbonyl (C=O) groups is 1. The van der Waals surface area contributed by atoms with Gasteiger partial charge in [-0.2, -0.15) is 0 Å². The Balaban J connectivity index is 1.60. The Morgan fingerprint density at radius 2 is 1.97 bits per heavy atom. The second-order valence-electron chi connectivity index (χ2n) is 9.84. The van der Waals surface area contributed by atoms with Gasteiger partial charge in [-0.25, -0.2) is 0 Å². The molecule has 1 atom stereocenters. The van der Waals surface area contributed by atoms with Gasteiger partial charge in [0.1, 0.15) is 0 Å². The first-order valence-corrected chi connectivity index (χ1v) is 11.1. The molecule has 0 aliphatic carbocycles. The van der Waals surface area contributed by atoms with Gasteiger partial charge in [0.05, 0.1) is 6.61 Å². The highest BCUT2D eigenvalue weighted by atomic mass is 16.3. The van der Waals surface area contributed by atoms with E-state index in [1.54, 1.807) is 0 Å². The number of hydrogen-bond acceptors (Lipinski definition) is 3. The lowest BCUT2D eigenvalue weighted by Gasteiger charge is -2.21. The summed E-state index contributed by atoms with van der Waals surface area (Å²) in [6.45, 7) is 10.1. The summed E-state index contributed by atoms with van der Waals surface area (Å²) in [6.07, 6.45) is 2.22. The van der Waals surface area contributed by atoms with Crippen molar-refractivity contribution in [1.29, 1.82) is 0 Å². The van der Waals surface area contributed by atoms with Crippen LogP contribution in [0.1, 0.15) is 55.2 Å². The number of aryl methyl sites for hydroxylation is 1. The number of benzene rings is 2. The third-order valence-corrected chi connectivity index (χ3v) is 5.92. The molecule has 3 N–H and O–H groups in total. The van der Waals surface area contributed by atoms with Crippen molar-refractivity contribution in [1.82, 2.24) is 15.2 Å². The molecule has 4 rings (SSSR count). The van der Waals surface area contributed by atoms with Crippen LogP contribution in [0.3, 0.4) is 0 Å². The third kappa shape index (κ3) is 5.00. The molecular weight excluding hydrogens is 386 g/mol. The minimum absolute atomic E-state index is 0.0495. The molecule has 164 valence electrons. The Morgan fingerprint density at radius 1 is 1.16 bits per heavy atom. The van der Waals surface area contributed by atoms with Crippen molar-refractivity contribution < 1.29 is 9.90 Å². The van der Waals surface area contributed by atoms with E-state index in [0.717, 1.165) is 53.5 Å². The van der Waals surface area contributed by atoms with Crippen LogP contribution in [0, 0.1) is 6.92 Å². The maximum atomic E-state index is 12.7. The fourth-order valence-electron chi connectivity index (χ4n) is 4.48. The van der Waals surface area contributed by atoms with Crippen LogP contribution in [-0.4, -0.2) is 45.6 Å². The zero-order valence-corrected chi connectivity index (χ0v) is 19.0. The summed E-state index contributed by atoms with van der Waals surface area (Å²) < 4.78 is 0. The van der Waals surface area contributed by atoms with Crippen molar-refractivity contribution in [2.75, 3.05) is 13.2 Å². The second kappa shape index (κ2) is 8.48. The SMILES string of the molecule is Cc1cc(C(=O)NC(C)(C)C)cc(-c2ccc3[nH]c(CN4CCCC4CO)cc3c2)c1. The molecule has 1 saturated heterocycles. The van der Waals surface area contributed by atoms with Crippen LogP contribution in [-0.2, 0) is 6.54 Å². The lowest BCUT2D eigenvalue weighted by atomic mass is 9.98. The first-order chi connectivity index (χ1) is 14.7. The van der Waals surface area contributed by atoms with Crippen LogP contribution in [0.4, 0.5) is 0 Å². The van der Waals surface area contributed by atoms with Crippen LogP contribution < -0.4 is 5.32 Å². The third-order valence-electron chi connectivity index (χ3n) is 5.92. The molecule has 1 aliphatic rings. The summed E-state index contributed by atoms with van der Waals surface area (Å²) >= 11 is 0. The lowest BCUT2D eigenvalue weighted by Crippen LogP contribution is -2.40. The van der Waals surface area contributed by atoms with Crippen molar-refractivity contribution in [3.8, 4) is 11.1 Å². The lowest BCUT2D eigenvalue weighted by molar-refractivity contribution is 0.0919. The molecule has 2 heterocycles. The topological polar surface area (TPSA) is 68.4 Å². The molecule has 1 aliphatic heterocycles. The van der Waals surface area contributed by atoms with Crippen LogP contribution >= 0.6 is 0 Å². The molecule has 2 aromatic carbocycles. The molecule has 5 heteroatoms. The van der Waals surface area contributed by atoms with Crippen molar-refractivity contribution in [2.24, 2.45) is 0 Å². The standard InChI is InChI=1S/C26H33N3O2/c1-17-10-19(13-21(11-17)25(31)28-26(2,3)4)18-7-8-24-20(12-18)14-22(27-24)15-29-9-5-6-23(29)16-30/h7-8,10-14,23,27,30H,5-6,9,15-16H2,1-4H3,(H,28,31). The Hall–Kier alpha value is -2.63. The van der Waals surface area contributed by atoms with E-state index in [1.807, 2.05) is 39.8 Å². The molecule has 5 nitrogen and oxygen atoms in total. The number of aromatic nitrogens is 1. The first kappa shape index (κ1) is 21.6. The highest BCUT2D eigenvalue weighted by Gasteiger charge is 2.24. The smallest absolute Gasteiger partial charge is 0.251 e. The fourth-order valence-corrected chi connectivity index (χ4v) is 4.48. The van der Waals surface area contributed by atoms with E-state index in [4.69, 9.17) is 0 Å². The van der Waals surface area contributed by atoms with Gasteiger partial charge >= 0.3 is 0 Å². The fraction of sp³-hybridized carbons (Fsp3) is 0.423. The summed E-state index contributed by atoms with van der Waals surface area (Å²) in [6, 6.07) is 14.9. The summed E-state index contributed by atoms with van der Waals surface area (Å²) in [5.41, 5.74) is 5.90. The van der Waals surface area contributed by atoms with E-state index in [9.17, 15) is 9.90 Å². The number of likely N-dealkylation sites (tertiary alicyclic amines) is 1. The molecule has 1 unspecified atom stereocenters. The predicted molar refractivity (Wildman–Crippen MR) is 126 cm³/mol. The Bertz CT molecular complexity index is 1090. The molecule has 3 aromatic rings. The number of aliphatic hydroxyl groups is 1. The van der Waals surface area contributed by atoms with Gasteiger partial charge in [-0.3, -0.25) is 9.69 Å². The predicted octanol–water partition coefficient (Wildman–Crippen LogP) is 4.63. The summed E-state index contributed by atoms with van der Waals surface area (Å²) in [5, 5.41) is 13.8. The van der Waals surface area contributed by atoms with Crippen molar-refractivity contribution in [3.63, 3.8) is 0 Å². The van der Waals surface area contributed by atoms with Crippen LogP contribution in [0.5, 0.6) is 0 Å². The Labute approximate surface area is 184 Å². The van der Waals surface area contributed by atoms with Gasteiger partial charge in [0.25, 0.3) is 5.91 Å². The van der Waals surface area contributed by atoms with Crippen molar-refractivity contribution in [3.05, 3.63) is 59.3 Å². The number of nitrogens with zero attached hydrogens (tertiary/aromatic N) is 1. The largest absolute Gasteiger partial charge is 0.395 e. The van der Waals surface area contributed by atoms with Crippen LogP contribution in [0.25, 0.3) is 22.0 Å². The van der Waals surface area contributed by atoms with E-state index >= 15 is 0 Å². The number of aliphatic hydroxyl groups excluding tert-OH is 1. The minimum Gasteiger partial charge on any atom is -0.395 e. The van der Waals surface area contributed by atoms with Gasteiger partial charge in [-0.15, -0.1) is 0 Å². The van der Waals surface area contributed by atoms with E-state index in [1.165, 1.54) is 5.69 Å². The Morgan fingerprint density at radius 3 is 2.71 bits per heavy atom. The molecule has 0 radical (unpaired) electrons. The summed E-state index contributed by atoms with van der Waals surface area (Å²) in [4.78, 5) is 18.6. The zero-order chi connectivity index (χ0) is 22.2. The number of amides is 1. The minimum atomic E-state index is -0.272. The van der Waals surface area contributed by atoms with Crippen molar-refractivity contribution in [2.45, 2.75) is 58.7 Å². The molecule has 1 amide bonds. The summed E-state index contributed by atoms with van der Waals surface area (Å²) in [7, 11) is 0. The van der Waals surface area contributed by atoms with Crippen LogP contribution in [0.2, 0.25) is 0 Å². The molecule has 0 saturated carbocycles. The average molecular weight is 420 g/mol. The number of rotatable bonds is 5. The quantitative estimate of drug-likeness (QED) is 0.565. The molecule has 1 aromatic heterocycles. The van der Waals surface area contributed by atoms with Crippen molar-refractivity contribution >= 4 is 16.8 Å². The van der Waals surface area contributed by atoms with E-state index in [0.29, 0.717) is 5.56 Å². The maximum absolute atomic E-state index is 12.7.